The van der Waals surface area contributed by atoms with E-state index in [4.69, 9.17) is 9.57 Å². The van der Waals surface area contributed by atoms with Crippen LogP contribution in [0, 0.1) is 0 Å². The van der Waals surface area contributed by atoms with Gasteiger partial charge >= 0.3 is 0 Å². The molecule has 1 unspecified atom stereocenters. The molecule has 2 aliphatic rings. The first kappa shape index (κ1) is 13.6. The second-order valence-electron chi connectivity index (χ2n) is 4.68. The van der Waals surface area contributed by atoms with Gasteiger partial charge in [0.15, 0.2) is 0 Å². The fraction of sp³-hybridized carbons (Fsp3) is 0.357. The second-order valence-corrected chi connectivity index (χ2v) is 5.54. The molecule has 1 amide bonds. The van der Waals surface area contributed by atoms with Crippen LogP contribution in [0.15, 0.2) is 34.9 Å². The summed E-state index contributed by atoms with van der Waals surface area (Å²) >= 11 is 3.32. The van der Waals surface area contributed by atoms with Crippen LogP contribution >= 0.6 is 15.9 Å². The molecule has 0 saturated carbocycles. The Morgan fingerprint density at radius 3 is 2.55 bits per heavy atom. The summed E-state index contributed by atoms with van der Waals surface area (Å²) in [4.78, 5) is 19.5. The minimum absolute atomic E-state index is 0.0574. The summed E-state index contributed by atoms with van der Waals surface area (Å²) in [5.41, 5.74) is 4.45. The van der Waals surface area contributed by atoms with E-state index in [9.17, 15) is 4.79 Å². The molecule has 3 rings (SSSR count). The summed E-state index contributed by atoms with van der Waals surface area (Å²) in [6.45, 7) is 2.55. The average molecular weight is 339 g/mol. The Labute approximate surface area is 125 Å². The lowest BCUT2D eigenvalue weighted by Crippen LogP contribution is -2.40. The number of hydrogen-bond acceptors (Lipinski definition) is 4. The van der Waals surface area contributed by atoms with Crippen LogP contribution in [-0.2, 0) is 9.57 Å². The van der Waals surface area contributed by atoms with Gasteiger partial charge in [-0.3, -0.25) is 15.1 Å². The van der Waals surface area contributed by atoms with Crippen molar-refractivity contribution in [2.45, 2.75) is 6.10 Å². The summed E-state index contributed by atoms with van der Waals surface area (Å²) < 4.78 is 6.07. The molecule has 1 N–H and O–H groups in total. The van der Waals surface area contributed by atoms with Crippen LogP contribution < -0.4 is 5.48 Å². The van der Waals surface area contributed by atoms with Gasteiger partial charge in [0, 0.05) is 18.7 Å². The second kappa shape index (κ2) is 5.95. The van der Waals surface area contributed by atoms with E-state index in [0.717, 1.165) is 10.2 Å². The zero-order chi connectivity index (χ0) is 13.9. The molecule has 1 aromatic rings. The highest BCUT2D eigenvalue weighted by atomic mass is 79.9. The fourth-order valence-corrected chi connectivity index (χ4v) is 2.58. The van der Waals surface area contributed by atoms with E-state index in [0.29, 0.717) is 31.9 Å². The van der Waals surface area contributed by atoms with E-state index < -0.39 is 0 Å². The molecule has 2 aliphatic heterocycles. The molecule has 0 aliphatic carbocycles. The number of hydrogen-bond donors (Lipinski definition) is 1. The van der Waals surface area contributed by atoms with Crippen LogP contribution in [0.1, 0.15) is 22.0 Å². The highest BCUT2D eigenvalue weighted by Crippen LogP contribution is 2.26. The maximum absolute atomic E-state index is 12.3. The SMILES string of the molecule is O=C(c1ccc(C2C=C(Br)NO2)cc1)N1CCOCC1. The third-order valence-corrected chi connectivity index (χ3v) is 3.79. The van der Waals surface area contributed by atoms with Gasteiger partial charge in [-0.2, -0.15) is 0 Å². The number of rotatable bonds is 2. The predicted molar refractivity (Wildman–Crippen MR) is 77.1 cm³/mol. The Morgan fingerprint density at radius 1 is 1.25 bits per heavy atom. The maximum Gasteiger partial charge on any atom is 0.254 e. The number of hydroxylamine groups is 1. The highest BCUT2D eigenvalue weighted by Gasteiger charge is 2.20. The van der Waals surface area contributed by atoms with Gasteiger partial charge in [0.05, 0.1) is 13.2 Å². The summed E-state index contributed by atoms with van der Waals surface area (Å²) in [7, 11) is 0. The number of carbonyl (C=O) groups excluding carboxylic acids is 1. The molecular weight excluding hydrogens is 324 g/mol. The molecular formula is C14H15BrN2O3. The van der Waals surface area contributed by atoms with Crippen LogP contribution in [0.25, 0.3) is 0 Å². The Morgan fingerprint density at radius 2 is 1.95 bits per heavy atom. The molecule has 1 fully saturated rings. The van der Waals surface area contributed by atoms with Gasteiger partial charge in [0.2, 0.25) is 0 Å². The summed E-state index contributed by atoms with van der Waals surface area (Å²) in [6, 6.07) is 7.53. The highest BCUT2D eigenvalue weighted by molar-refractivity contribution is 9.11. The van der Waals surface area contributed by atoms with Gasteiger partial charge in [-0.25, -0.2) is 0 Å². The van der Waals surface area contributed by atoms with Crippen molar-refractivity contribution in [2.75, 3.05) is 26.3 Å². The van der Waals surface area contributed by atoms with Gasteiger partial charge < -0.3 is 9.64 Å². The van der Waals surface area contributed by atoms with Crippen molar-refractivity contribution in [3.63, 3.8) is 0 Å². The van der Waals surface area contributed by atoms with E-state index in [2.05, 4.69) is 21.4 Å². The lowest BCUT2D eigenvalue weighted by molar-refractivity contribution is 0.0302. The number of ether oxygens (including phenoxy) is 1. The van der Waals surface area contributed by atoms with Gasteiger partial charge in [0.1, 0.15) is 10.7 Å². The number of morpholine rings is 1. The lowest BCUT2D eigenvalue weighted by Gasteiger charge is -2.26. The largest absolute Gasteiger partial charge is 0.378 e. The normalized spacial score (nSPS) is 22.4. The van der Waals surface area contributed by atoms with Crippen LogP contribution in [0.5, 0.6) is 0 Å². The smallest absolute Gasteiger partial charge is 0.254 e. The molecule has 1 aromatic carbocycles. The number of nitrogens with one attached hydrogen (secondary N) is 1. The van der Waals surface area contributed by atoms with Crippen molar-refractivity contribution >= 4 is 21.8 Å². The van der Waals surface area contributed by atoms with Crippen LogP contribution in [0.4, 0.5) is 0 Å². The Bertz CT molecular complexity index is 524. The van der Waals surface area contributed by atoms with E-state index in [1.54, 1.807) is 0 Å². The predicted octanol–water partition coefficient (Wildman–Crippen LogP) is 1.97. The maximum atomic E-state index is 12.3. The molecule has 0 spiro atoms. The first-order chi connectivity index (χ1) is 9.74. The van der Waals surface area contributed by atoms with Crippen LogP contribution in [0.3, 0.4) is 0 Å². The number of benzene rings is 1. The molecule has 1 atom stereocenters. The van der Waals surface area contributed by atoms with Crippen molar-refractivity contribution in [2.24, 2.45) is 0 Å². The molecule has 0 aromatic heterocycles. The van der Waals surface area contributed by atoms with Gasteiger partial charge in [-0.1, -0.05) is 12.1 Å². The summed E-state index contributed by atoms with van der Waals surface area (Å²) in [6.07, 6.45) is 1.80. The summed E-state index contributed by atoms with van der Waals surface area (Å²) in [5, 5.41) is 0. The lowest BCUT2D eigenvalue weighted by atomic mass is 10.1. The van der Waals surface area contributed by atoms with Crippen LogP contribution in [-0.4, -0.2) is 37.1 Å². The average Bonchev–Trinajstić information content (AvgIpc) is 2.94. The number of halogens is 1. The standard InChI is InChI=1S/C14H15BrN2O3/c15-13-9-12(20-16-13)10-1-3-11(4-2-10)14(18)17-5-7-19-8-6-17/h1-4,9,12,16H,5-8H2. The quantitative estimate of drug-likeness (QED) is 0.837. The topological polar surface area (TPSA) is 50.8 Å². The van der Waals surface area contributed by atoms with Crippen molar-refractivity contribution in [3.8, 4) is 0 Å². The Kier molecular flexibility index (Phi) is 4.05. The molecule has 20 heavy (non-hydrogen) atoms. The Hall–Kier alpha value is -1.37. The first-order valence-corrected chi connectivity index (χ1v) is 7.29. The number of amides is 1. The van der Waals surface area contributed by atoms with Gasteiger partial charge in [0.25, 0.3) is 5.91 Å². The van der Waals surface area contributed by atoms with Crippen molar-refractivity contribution in [1.29, 1.82) is 0 Å². The number of carbonyl (C=O) groups is 1. The molecule has 0 bridgehead atoms. The summed E-state index contributed by atoms with van der Waals surface area (Å²) in [5.74, 6) is 0.0574. The van der Waals surface area contributed by atoms with Gasteiger partial charge in [-0.15, -0.1) is 0 Å². The first-order valence-electron chi connectivity index (χ1n) is 6.50. The van der Waals surface area contributed by atoms with Crippen LogP contribution in [0.2, 0.25) is 0 Å². The Balaban J connectivity index is 1.71. The molecule has 2 heterocycles. The van der Waals surface area contributed by atoms with E-state index in [1.807, 2.05) is 35.2 Å². The molecule has 0 radical (unpaired) electrons. The van der Waals surface area contributed by atoms with Crippen molar-refractivity contribution in [1.82, 2.24) is 10.4 Å². The third kappa shape index (κ3) is 2.87. The van der Waals surface area contributed by atoms with E-state index in [1.165, 1.54) is 0 Å². The third-order valence-electron chi connectivity index (χ3n) is 3.37. The zero-order valence-corrected chi connectivity index (χ0v) is 12.4. The van der Waals surface area contributed by atoms with Crippen molar-refractivity contribution in [3.05, 3.63) is 46.1 Å². The van der Waals surface area contributed by atoms with Gasteiger partial charge in [-0.05, 0) is 39.7 Å². The zero-order valence-electron chi connectivity index (χ0n) is 10.8. The fourth-order valence-electron chi connectivity index (χ4n) is 2.25. The molecule has 106 valence electrons. The minimum atomic E-state index is -0.128. The van der Waals surface area contributed by atoms with Crippen molar-refractivity contribution < 1.29 is 14.4 Å². The van der Waals surface area contributed by atoms with E-state index >= 15 is 0 Å². The molecule has 5 nitrogen and oxygen atoms in total. The molecule has 6 heteroatoms. The minimum Gasteiger partial charge on any atom is -0.378 e. The monoisotopic (exact) mass is 338 g/mol. The van der Waals surface area contributed by atoms with E-state index in [-0.39, 0.29) is 12.0 Å². The molecule has 1 saturated heterocycles. The number of nitrogens with zero attached hydrogens (tertiary/aromatic N) is 1.